The molecule has 2 N–H and O–H groups in total. The Kier molecular flexibility index (Phi) is 7.94. The smallest absolute Gasteiger partial charge is 0.257 e. The predicted molar refractivity (Wildman–Crippen MR) is 131 cm³/mol. The summed E-state index contributed by atoms with van der Waals surface area (Å²) in [4.78, 5) is 25.4. The predicted octanol–water partition coefficient (Wildman–Crippen LogP) is 4.42. The van der Waals surface area contributed by atoms with Gasteiger partial charge in [0.05, 0.1) is 6.61 Å². The van der Waals surface area contributed by atoms with Crippen molar-refractivity contribution < 1.29 is 14.3 Å². The molecular formula is C25H25N3O3S. The van der Waals surface area contributed by atoms with E-state index in [0.29, 0.717) is 23.6 Å². The van der Waals surface area contributed by atoms with Gasteiger partial charge in [-0.2, -0.15) is 0 Å². The van der Waals surface area contributed by atoms with Crippen molar-refractivity contribution in [3.05, 3.63) is 90.0 Å². The van der Waals surface area contributed by atoms with E-state index in [9.17, 15) is 9.59 Å². The Morgan fingerprint density at radius 1 is 0.938 bits per heavy atom. The van der Waals surface area contributed by atoms with E-state index in [0.717, 1.165) is 12.1 Å². The third kappa shape index (κ3) is 6.65. The van der Waals surface area contributed by atoms with E-state index in [2.05, 4.69) is 22.8 Å². The lowest BCUT2D eigenvalue weighted by Gasteiger charge is -2.16. The number of thiocarbonyl (C=S) groups is 1. The number of nitrogens with zero attached hydrogens (tertiary/aromatic N) is 1. The number of anilines is 2. The van der Waals surface area contributed by atoms with E-state index in [1.165, 1.54) is 12.5 Å². The number of rotatable bonds is 7. The normalized spacial score (nSPS) is 10.2. The highest BCUT2D eigenvalue weighted by Crippen LogP contribution is 2.17. The quantitative estimate of drug-likeness (QED) is 0.525. The molecule has 0 saturated carbocycles. The lowest BCUT2D eigenvalue weighted by Crippen LogP contribution is -2.34. The molecule has 164 valence electrons. The van der Waals surface area contributed by atoms with Gasteiger partial charge < -0.3 is 15.0 Å². The van der Waals surface area contributed by atoms with Crippen molar-refractivity contribution in [2.24, 2.45) is 0 Å². The molecule has 0 spiro atoms. The zero-order chi connectivity index (χ0) is 22.9. The number of benzene rings is 3. The summed E-state index contributed by atoms with van der Waals surface area (Å²) in [5.41, 5.74) is 3.16. The maximum atomic E-state index is 12.5. The highest BCUT2D eigenvalue weighted by atomic mass is 32.1. The van der Waals surface area contributed by atoms with Crippen LogP contribution in [0.5, 0.6) is 5.75 Å². The van der Waals surface area contributed by atoms with Crippen molar-refractivity contribution in [2.75, 3.05) is 23.9 Å². The van der Waals surface area contributed by atoms with Gasteiger partial charge in [0.25, 0.3) is 5.91 Å². The minimum absolute atomic E-state index is 0.0545. The van der Waals surface area contributed by atoms with Crippen LogP contribution in [0.15, 0.2) is 78.9 Å². The lowest BCUT2D eigenvalue weighted by molar-refractivity contribution is -0.116. The fourth-order valence-corrected chi connectivity index (χ4v) is 3.13. The van der Waals surface area contributed by atoms with Gasteiger partial charge in [-0.05, 0) is 66.3 Å². The first-order chi connectivity index (χ1) is 15.4. The first-order valence-electron chi connectivity index (χ1n) is 10.2. The fourth-order valence-electron chi connectivity index (χ4n) is 2.92. The molecule has 0 unspecified atom stereocenters. The second-order valence-corrected chi connectivity index (χ2v) is 7.55. The van der Waals surface area contributed by atoms with Crippen LogP contribution in [0, 0.1) is 0 Å². The average Bonchev–Trinajstić information content (AvgIpc) is 2.80. The van der Waals surface area contributed by atoms with Gasteiger partial charge in [0, 0.05) is 37.3 Å². The van der Waals surface area contributed by atoms with Crippen molar-refractivity contribution in [2.45, 2.75) is 13.3 Å². The number of nitrogens with one attached hydrogen (secondary N) is 2. The van der Waals surface area contributed by atoms with Crippen molar-refractivity contribution >= 4 is 40.5 Å². The molecule has 0 aliphatic rings. The van der Waals surface area contributed by atoms with E-state index in [1.54, 1.807) is 60.5 Å². The summed E-state index contributed by atoms with van der Waals surface area (Å²) in [5, 5.41) is 5.81. The third-order valence-electron chi connectivity index (χ3n) is 4.83. The standard InChI is InChI=1S/C25H25N3O3S/c1-18(29)28(2)22-12-10-21(11-13-22)26-25(32)27-24(30)20-8-14-23(15-9-20)31-17-16-19-6-4-3-5-7-19/h3-15H,16-17H2,1-2H3,(H2,26,27,30,32). The summed E-state index contributed by atoms with van der Waals surface area (Å²) in [7, 11) is 1.70. The Labute approximate surface area is 193 Å². The Hall–Kier alpha value is -3.71. The molecule has 2 amide bonds. The van der Waals surface area contributed by atoms with Crippen LogP contribution in [0.25, 0.3) is 0 Å². The Balaban J connectivity index is 1.47. The van der Waals surface area contributed by atoms with Crippen molar-refractivity contribution in [3.8, 4) is 5.75 Å². The molecule has 0 saturated heterocycles. The van der Waals surface area contributed by atoms with Gasteiger partial charge in [-0.25, -0.2) is 0 Å². The van der Waals surface area contributed by atoms with Crippen LogP contribution >= 0.6 is 12.2 Å². The van der Waals surface area contributed by atoms with Crippen molar-refractivity contribution in [1.82, 2.24) is 5.32 Å². The molecule has 0 bridgehead atoms. The minimum atomic E-state index is -0.314. The zero-order valence-corrected chi connectivity index (χ0v) is 18.8. The molecule has 0 aliphatic carbocycles. The minimum Gasteiger partial charge on any atom is -0.493 e. The first-order valence-corrected chi connectivity index (χ1v) is 10.6. The summed E-state index contributed by atoms with van der Waals surface area (Å²) in [6, 6.07) is 24.2. The van der Waals surface area contributed by atoms with Gasteiger partial charge in [-0.1, -0.05) is 30.3 Å². The molecule has 32 heavy (non-hydrogen) atoms. The number of hydrogen-bond acceptors (Lipinski definition) is 4. The van der Waals surface area contributed by atoms with Crippen LogP contribution in [0.2, 0.25) is 0 Å². The Bertz CT molecular complexity index is 1070. The van der Waals surface area contributed by atoms with Crippen LogP contribution in [0.1, 0.15) is 22.8 Å². The first kappa shape index (κ1) is 23.0. The SMILES string of the molecule is CC(=O)N(C)c1ccc(NC(=S)NC(=O)c2ccc(OCCc3ccccc3)cc2)cc1. The average molecular weight is 448 g/mol. The maximum Gasteiger partial charge on any atom is 0.257 e. The van der Waals surface area contributed by atoms with Crippen molar-refractivity contribution in [1.29, 1.82) is 0 Å². The molecule has 0 aliphatic heterocycles. The molecule has 0 heterocycles. The van der Waals surface area contributed by atoms with Crippen LogP contribution in [-0.4, -0.2) is 30.6 Å². The molecule has 3 aromatic carbocycles. The molecule has 6 nitrogen and oxygen atoms in total. The molecule has 0 fully saturated rings. The van der Waals surface area contributed by atoms with Crippen LogP contribution < -0.4 is 20.3 Å². The Morgan fingerprint density at radius 2 is 1.59 bits per heavy atom. The summed E-state index contributed by atoms with van der Waals surface area (Å²) in [6.45, 7) is 2.06. The number of carbonyl (C=O) groups is 2. The molecular weight excluding hydrogens is 422 g/mol. The molecule has 3 aromatic rings. The molecule has 7 heteroatoms. The molecule has 0 atom stereocenters. The van der Waals surface area contributed by atoms with Gasteiger partial charge >= 0.3 is 0 Å². The maximum absolute atomic E-state index is 12.5. The van der Waals surface area contributed by atoms with E-state index >= 15 is 0 Å². The third-order valence-corrected chi connectivity index (χ3v) is 5.03. The number of ether oxygens (including phenoxy) is 1. The van der Waals surface area contributed by atoms with E-state index in [4.69, 9.17) is 17.0 Å². The van der Waals surface area contributed by atoms with Crippen LogP contribution in [-0.2, 0) is 11.2 Å². The molecule has 0 radical (unpaired) electrons. The van der Waals surface area contributed by atoms with E-state index in [-0.39, 0.29) is 16.9 Å². The molecule has 0 aromatic heterocycles. The largest absolute Gasteiger partial charge is 0.493 e. The van der Waals surface area contributed by atoms with E-state index in [1.807, 2.05) is 18.2 Å². The lowest BCUT2D eigenvalue weighted by atomic mass is 10.2. The van der Waals surface area contributed by atoms with Crippen LogP contribution in [0.3, 0.4) is 0 Å². The van der Waals surface area contributed by atoms with Gasteiger partial charge in [0.15, 0.2) is 5.11 Å². The second kappa shape index (κ2) is 11.1. The van der Waals surface area contributed by atoms with Gasteiger partial charge in [0.2, 0.25) is 5.91 Å². The number of amides is 2. The Morgan fingerprint density at radius 3 is 2.22 bits per heavy atom. The highest BCUT2D eigenvalue weighted by Gasteiger charge is 2.09. The summed E-state index contributed by atoms with van der Waals surface area (Å²) >= 11 is 5.24. The second-order valence-electron chi connectivity index (χ2n) is 7.14. The summed E-state index contributed by atoms with van der Waals surface area (Å²) in [6.07, 6.45) is 0.815. The summed E-state index contributed by atoms with van der Waals surface area (Å²) < 4.78 is 5.75. The topological polar surface area (TPSA) is 70.7 Å². The fraction of sp³-hybridized carbons (Fsp3) is 0.160. The van der Waals surface area contributed by atoms with Gasteiger partial charge in [-0.3, -0.25) is 14.9 Å². The van der Waals surface area contributed by atoms with Gasteiger partial charge in [0.1, 0.15) is 5.75 Å². The zero-order valence-electron chi connectivity index (χ0n) is 18.0. The number of carbonyl (C=O) groups excluding carboxylic acids is 2. The molecule has 3 rings (SSSR count). The number of hydrogen-bond donors (Lipinski definition) is 2. The van der Waals surface area contributed by atoms with E-state index < -0.39 is 0 Å². The van der Waals surface area contributed by atoms with Gasteiger partial charge in [-0.15, -0.1) is 0 Å². The van der Waals surface area contributed by atoms with Crippen molar-refractivity contribution in [3.63, 3.8) is 0 Å². The highest BCUT2D eigenvalue weighted by molar-refractivity contribution is 7.80. The van der Waals surface area contributed by atoms with Crippen LogP contribution in [0.4, 0.5) is 11.4 Å². The monoisotopic (exact) mass is 447 g/mol. The summed E-state index contributed by atoms with van der Waals surface area (Å²) in [5.74, 6) is 0.334.